The van der Waals surface area contributed by atoms with Crippen LogP contribution in [0.2, 0.25) is 19.3 Å². The first kappa shape index (κ1) is 63.6. The van der Waals surface area contributed by atoms with Crippen LogP contribution in [0.25, 0.3) is 43.1 Å². The fourth-order valence-corrected chi connectivity index (χ4v) is 230. The Labute approximate surface area is 595 Å². The van der Waals surface area contributed by atoms with E-state index >= 15 is 0 Å². The summed E-state index contributed by atoms with van der Waals surface area (Å²) >= 11 is -14.7. The number of methoxy groups -OCH3 is 4. The van der Waals surface area contributed by atoms with Crippen LogP contribution < -0.4 is 18.9 Å². The number of ether oxygens (including phenoxy) is 4. The number of rotatable bonds is 8. The first-order valence-corrected chi connectivity index (χ1v) is 56.1. The van der Waals surface area contributed by atoms with Gasteiger partial charge in [0.1, 0.15) is 0 Å². The Bertz CT molecular complexity index is 4930. The Kier molecular flexibility index (Phi) is 14.1. The molecule has 10 aliphatic rings. The van der Waals surface area contributed by atoms with E-state index in [1.165, 1.54) is 111 Å². The van der Waals surface area contributed by atoms with Crippen molar-refractivity contribution in [1.82, 2.24) is 0 Å². The van der Waals surface area contributed by atoms with Gasteiger partial charge in [-0.2, -0.15) is 0 Å². The number of benzene rings is 8. The molecule has 0 radical (unpaired) electrons. The number of fused-ring (bicyclic) bond motifs is 12. The van der Waals surface area contributed by atoms with Crippen molar-refractivity contribution in [2.75, 3.05) is 28.4 Å². The van der Waals surface area contributed by atoms with Crippen LogP contribution in [-0.2, 0) is 14.9 Å². The Hall–Kier alpha value is -7.61. The number of allylic oxidation sites excluding steroid dienone is 32. The molecule has 2 saturated heterocycles. The van der Waals surface area contributed by atoms with Crippen molar-refractivity contribution in [2.24, 2.45) is 0 Å². The molecule has 8 unspecified atom stereocenters. The molecule has 9 heteroatoms. The van der Waals surface area contributed by atoms with Gasteiger partial charge in [-0.1, -0.05) is 0 Å². The van der Waals surface area contributed by atoms with Crippen LogP contribution in [0.5, 0.6) is 23.0 Å². The zero-order chi connectivity index (χ0) is 68.0. The second kappa shape index (κ2) is 22.0. The molecule has 8 aromatic carbocycles. The minimum atomic E-state index is -7.72. The predicted molar refractivity (Wildman–Crippen MR) is 418 cm³/mol. The molecule has 0 N–H and O–H groups in total. The molecule has 0 amide bonds. The molecule has 2 aliphatic heterocycles. The van der Waals surface area contributed by atoms with E-state index in [-0.39, 0.29) is 23.7 Å². The third-order valence-electron chi connectivity index (χ3n) is 26.8. The summed E-state index contributed by atoms with van der Waals surface area (Å²) in [5.41, 5.74) is 21.3. The normalized spacial score (nSPS) is 30.3. The van der Waals surface area contributed by atoms with Gasteiger partial charge in [0, 0.05) is 0 Å². The van der Waals surface area contributed by atoms with Gasteiger partial charge in [-0.15, -0.1) is 0 Å². The molecule has 5 spiro atoms. The molecule has 0 saturated carbocycles. The summed E-state index contributed by atoms with van der Waals surface area (Å²) in [5.74, 6) is 8.65. The summed E-state index contributed by atoms with van der Waals surface area (Å²) in [6, 6.07) is 54.1. The van der Waals surface area contributed by atoms with Crippen molar-refractivity contribution in [1.29, 1.82) is 0 Å². The fourth-order valence-electron chi connectivity index (χ4n) is 24.1. The van der Waals surface area contributed by atoms with E-state index in [2.05, 4.69) is 306 Å². The monoisotopic (exact) mass is 1530 g/mol. The van der Waals surface area contributed by atoms with Crippen molar-refractivity contribution in [2.45, 2.75) is 70.7 Å². The van der Waals surface area contributed by atoms with Gasteiger partial charge < -0.3 is 0 Å². The summed E-state index contributed by atoms with van der Waals surface area (Å²) in [6.07, 6.45) is 49.5. The van der Waals surface area contributed by atoms with Gasteiger partial charge in [0.25, 0.3) is 0 Å². The molecular weight excluding hydrogens is 1450 g/mol. The number of halogens is 2. The molecule has 490 valence electrons. The Balaban J connectivity index is 0.989. The molecule has 8 atom stereocenters. The molecular formula is C90H80Cl2Ge2O4Zr. The van der Waals surface area contributed by atoms with E-state index in [1.54, 1.807) is 28.4 Å². The molecule has 18 rings (SSSR count). The van der Waals surface area contributed by atoms with E-state index < -0.39 is 51.4 Å². The zero-order valence-electron chi connectivity index (χ0n) is 57.8. The van der Waals surface area contributed by atoms with Gasteiger partial charge in [0.2, 0.25) is 0 Å². The zero-order valence-corrected chi connectivity index (χ0v) is 66.6. The molecule has 2 heterocycles. The van der Waals surface area contributed by atoms with Crippen molar-refractivity contribution < 1.29 is 33.9 Å². The molecule has 99 heavy (non-hydrogen) atoms. The standard InChI is InChI=1S/2C45H40GeO2.2ClH.Zr/c2*1-28-22-42-38(34-16-14-32-26-36(47-4)20-18-30(32)24-34)10-6-8-12-40(42)44(28)46(3)45-29(2)23-43-39(11-7-9-13-41(43)45)35-17-15-33-27-37(48-5)21-19-31(33)25-35;;;/h2*6-27,38-39,46H,1-5H3;2*1H;/q;;;;+2/p-2. The Morgan fingerprint density at radius 2 is 0.515 bits per heavy atom. The van der Waals surface area contributed by atoms with Gasteiger partial charge >= 0.3 is 601 Å². The van der Waals surface area contributed by atoms with Crippen LogP contribution in [0.4, 0.5) is 0 Å². The van der Waals surface area contributed by atoms with Gasteiger partial charge in [-0.25, -0.2) is 0 Å². The quantitative estimate of drug-likeness (QED) is 0.142. The third-order valence-corrected chi connectivity index (χ3v) is 158. The first-order valence-electron chi connectivity index (χ1n) is 35.1. The predicted octanol–water partition coefficient (Wildman–Crippen LogP) is 23.4. The van der Waals surface area contributed by atoms with E-state index in [0.29, 0.717) is 0 Å². The molecule has 2 fully saturated rings. The van der Waals surface area contributed by atoms with Crippen LogP contribution in [-0.4, -0.2) is 57.1 Å². The van der Waals surface area contributed by atoms with Crippen LogP contribution in [0.15, 0.2) is 334 Å². The Morgan fingerprint density at radius 1 is 0.303 bits per heavy atom. The van der Waals surface area contributed by atoms with Crippen molar-refractivity contribution >= 4 is 88.8 Å². The van der Waals surface area contributed by atoms with Gasteiger partial charge in [-0.05, 0) is 0 Å². The van der Waals surface area contributed by atoms with Crippen molar-refractivity contribution in [3.63, 3.8) is 0 Å². The van der Waals surface area contributed by atoms with Crippen LogP contribution in [0.3, 0.4) is 0 Å². The van der Waals surface area contributed by atoms with Crippen molar-refractivity contribution in [3.05, 3.63) is 356 Å². The number of hydrogen-bond acceptors (Lipinski definition) is 4. The second-order valence-electron chi connectivity index (χ2n) is 29.8. The average molecular weight is 1530 g/mol. The second-order valence-corrected chi connectivity index (χ2v) is 82.9. The summed E-state index contributed by atoms with van der Waals surface area (Å²) in [7, 11) is 30.2. The van der Waals surface area contributed by atoms with E-state index in [1.807, 2.05) is 0 Å². The molecule has 4 nitrogen and oxygen atoms in total. The molecule has 0 aromatic heterocycles. The van der Waals surface area contributed by atoms with Gasteiger partial charge in [0.05, 0.1) is 0 Å². The van der Waals surface area contributed by atoms with E-state index in [0.717, 1.165) is 44.5 Å². The SMILES string of the molecule is COc1ccc2cc(C3C=CC=CC4=C3C=C(C)[C]43[GeH]([CH3])[C]4(C(C)=CC5=C4C=CC=CC5c4ccc5cc(OC)ccc5c4)[Zr]34([Cl])([Cl])[C]3(C(C)=CC5=C3C=CC=CC5c3ccc5cc(OC)ccc5c3)[GeH]([CH3])[C]43C(C)=CC4=C3C=CC=CC4c3ccc4cc(OC)ccc4c3)ccc2c1. The Morgan fingerprint density at radius 3 is 0.737 bits per heavy atom. The van der Waals surface area contributed by atoms with Gasteiger partial charge in [-0.3, -0.25) is 0 Å². The molecule has 0 bridgehead atoms. The third kappa shape index (κ3) is 7.24. The minimum absolute atomic E-state index is 0.0897. The molecule has 8 aromatic rings. The van der Waals surface area contributed by atoms with Crippen LogP contribution >= 0.6 is 17.0 Å². The van der Waals surface area contributed by atoms with Crippen LogP contribution in [0.1, 0.15) is 73.6 Å². The average Bonchev–Trinajstić information content (AvgIpc) is 1.52. The first-order chi connectivity index (χ1) is 48.0. The summed E-state index contributed by atoms with van der Waals surface area (Å²) < 4.78 is 20.2. The summed E-state index contributed by atoms with van der Waals surface area (Å²) in [6.45, 7) is 10.1. The summed E-state index contributed by atoms with van der Waals surface area (Å²) in [4.78, 5) is 0. The fraction of sp³-hybridized carbons (Fsp3) is 0.200. The van der Waals surface area contributed by atoms with Gasteiger partial charge in [0.15, 0.2) is 0 Å². The van der Waals surface area contributed by atoms with Crippen LogP contribution in [0, 0.1) is 0 Å². The maximum absolute atomic E-state index is 11.6. The van der Waals surface area contributed by atoms with E-state index in [4.69, 9.17) is 18.9 Å². The number of hydrogen-bond donors (Lipinski definition) is 0. The molecule has 8 aliphatic carbocycles. The van der Waals surface area contributed by atoms with E-state index in [9.17, 15) is 17.0 Å². The summed E-state index contributed by atoms with van der Waals surface area (Å²) in [5, 5.41) is 9.33. The topological polar surface area (TPSA) is 36.9 Å². The maximum atomic E-state index is 11.6. The van der Waals surface area contributed by atoms with Crippen molar-refractivity contribution in [3.8, 4) is 23.0 Å².